The molecule has 0 spiro atoms. The van der Waals surface area contributed by atoms with E-state index in [4.69, 9.17) is 0 Å². The summed E-state index contributed by atoms with van der Waals surface area (Å²) in [5.74, 6) is -4.84. The first-order chi connectivity index (χ1) is 20.4. The highest BCUT2D eigenvalue weighted by atomic mass is 16.3. The zero-order valence-electron chi connectivity index (χ0n) is 22.1. The molecule has 0 unspecified atom stereocenters. The van der Waals surface area contributed by atoms with E-state index >= 15 is 0 Å². The van der Waals surface area contributed by atoms with Gasteiger partial charge in [-0.1, -0.05) is 121 Å². The van der Waals surface area contributed by atoms with Crippen LogP contribution in [0.15, 0.2) is 144 Å². The van der Waals surface area contributed by atoms with E-state index in [1.807, 2.05) is 0 Å². The van der Waals surface area contributed by atoms with Gasteiger partial charge in [0.2, 0.25) is 11.6 Å². The van der Waals surface area contributed by atoms with Crippen molar-refractivity contribution in [3.63, 3.8) is 0 Å². The summed E-state index contributed by atoms with van der Waals surface area (Å²) in [6.45, 7) is 0. The summed E-state index contributed by atoms with van der Waals surface area (Å²) in [5, 5.41) is 22.3. The van der Waals surface area contributed by atoms with Gasteiger partial charge in [0.05, 0.1) is 11.1 Å². The van der Waals surface area contributed by atoms with E-state index in [2.05, 4.69) is 0 Å². The average Bonchev–Trinajstić information content (AvgIpc) is 3.03. The average molecular weight is 551 g/mol. The Kier molecular flexibility index (Phi) is 6.65. The molecule has 0 radical (unpaired) electrons. The molecule has 6 nitrogen and oxygen atoms in total. The minimum absolute atomic E-state index is 0.212. The summed E-state index contributed by atoms with van der Waals surface area (Å²) in [6.07, 6.45) is 0. The van der Waals surface area contributed by atoms with Crippen molar-refractivity contribution in [1.82, 2.24) is 0 Å². The van der Waals surface area contributed by atoms with Crippen LogP contribution in [0.2, 0.25) is 0 Å². The van der Waals surface area contributed by atoms with Gasteiger partial charge in [-0.3, -0.25) is 19.2 Å². The molecule has 2 aliphatic rings. The molecule has 0 aromatic heterocycles. The fourth-order valence-corrected chi connectivity index (χ4v) is 5.37. The van der Waals surface area contributed by atoms with Crippen LogP contribution in [0.4, 0.5) is 0 Å². The minimum atomic E-state index is -0.866. The normalized spacial score (nSPS) is 16.1. The quantitative estimate of drug-likeness (QED) is 0.289. The number of carbonyl (C=O) groups excluding carboxylic acids is 4. The summed E-state index contributed by atoms with van der Waals surface area (Å²) in [5.41, 5.74) is -0.512. The molecule has 6 heteroatoms. The smallest absolute Gasteiger partial charge is 0.229 e. The van der Waals surface area contributed by atoms with Crippen molar-refractivity contribution in [3.05, 3.63) is 166 Å². The molecule has 0 heterocycles. The lowest BCUT2D eigenvalue weighted by Gasteiger charge is -2.27. The van der Waals surface area contributed by atoms with Gasteiger partial charge in [-0.25, -0.2) is 0 Å². The number of ketones is 4. The SMILES string of the molecule is O=C1C(C2=C(c3ccccc3)C(=O)C(O)=C(c3ccccc3)C2=O)=C(c2ccccc2)C(=O)C(O)=C1c1ccccc1. The van der Waals surface area contributed by atoms with Crippen LogP contribution in [-0.2, 0) is 19.2 Å². The molecule has 202 valence electrons. The molecule has 4 aromatic carbocycles. The number of hydrogen-bond donors (Lipinski definition) is 2. The summed E-state index contributed by atoms with van der Waals surface area (Å²) in [7, 11) is 0. The molecule has 42 heavy (non-hydrogen) atoms. The number of allylic oxidation sites excluding steroid dienone is 6. The maximum Gasteiger partial charge on any atom is 0.229 e. The molecule has 0 saturated carbocycles. The monoisotopic (exact) mass is 550 g/mol. The molecule has 0 aliphatic heterocycles. The van der Waals surface area contributed by atoms with Crippen LogP contribution in [0, 0.1) is 0 Å². The third-order valence-electron chi connectivity index (χ3n) is 7.27. The van der Waals surface area contributed by atoms with E-state index in [0.29, 0.717) is 0 Å². The van der Waals surface area contributed by atoms with E-state index in [0.717, 1.165) is 0 Å². The van der Waals surface area contributed by atoms with Crippen molar-refractivity contribution in [2.75, 3.05) is 0 Å². The van der Waals surface area contributed by atoms with Gasteiger partial charge in [-0.2, -0.15) is 0 Å². The molecule has 0 amide bonds. The first-order valence-electron chi connectivity index (χ1n) is 13.2. The second kappa shape index (κ2) is 10.6. The topological polar surface area (TPSA) is 109 Å². The van der Waals surface area contributed by atoms with Crippen LogP contribution < -0.4 is 0 Å². The van der Waals surface area contributed by atoms with Crippen molar-refractivity contribution < 1.29 is 29.4 Å². The molecule has 0 fully saturated rings. The first-order valence-corrected chi connectivity index (χ1v) is 13.2. The van der Waals surface area contributed by atoms with Crippen LogP contribution in [0.25, 0.3) is 22.3 Å². The third-order valence-corrected chi connectivity index (χ3v) is 7.27. The van der Waals surface area contributed by atoms with E-state index in [9.17, 15) is 29.4 Å². The summed E-state index contributed by atoms with van der Waals surface area (Å²) in [4.78, 5) is 56.9. The van der Waals surface area contributed by atoms with Crippen molar-refractivity contribution in [1.29, 1.82) is 0 Å². The standard InChI is InChI=1S/C36H22O6/c37-31-27(23-17-9-3-10-18-23)35(41)33(39)25(21-13-5-1-6-14-21)29(31)30-26(22-15-7-2-8-16-22)34(40)36(42)28(32(30)38)24-19-11-4-12-20-24/h1-20,41-42H. The summed E-state index contributed by atoms with van der Waals surface area (Å²) >= 11 is 0. The van der Waals surface area contributed by atoms with Gasteiger partial charge >= 0.3 is 0 Å². The van der Waals surface area contributed by atoms with E-state index < -0.39 is 34.7 Å². The van der Waals surface area contributed by atoms with Gasteiger partial charge in [-0.05, 0) is 22.3 Å². The Morgan fingerprint density at radius 2 is 0.524 bits per heavy atom. The van der Waals surface area contributed by atoms with Gasteiger partial charge in [0.15, 0.2) is 23.1 Å². The number of benzene rings is 4. The van der Waals surface area contributed by atoms with E-state index in [1.165, 1.54) is 0 Å². The zero-order chi connectivity index (χ0) is 29.4. The highest BCUT2D eigenvalue weighted by Crippen LogP contribution is 2.44. The lowest BCUT2D eigenvalue weighted by Crippen LogP contribution is -2.30. The highest BCUT2D eigenvalue weighted by Gasteiger charge is 2.45. The van der Waals surface area contributed by atoms with Crippen LogP contribution in [0.5, 0.6) is 0 Å². The Morgan fingerprint density at radius 1 is 0.286 bits per heavy atom. The predicted octanol–water partition coefficient (Wildman–Crippen LogP) is 6.14. The predicted molar refractivity (Wildman–Crippen MR) is 159 cm³/mol. The maximum atomic E-state index is 14.5. The molecule has 0 bridgehead atoms. The maximum absolute atomic E-state index is 14.5. The molecule has 2 aliphatic carbocycles. The zero-order valence-corrected chi connectivity index (χ0v) is 22.1. The van der Waals surface area contributed by atoms with Gasteiger partial charge in [0, 0.05) is 22.3 Å². The number of Topliss-reactive ketones (excluding diaryl/α,β-unsaturated/α-hetero) is 4. The molecule has 0 atom stereocenters. The molecular weight excluding hydrogens is 528 g/mol. The lowest BCUT2D eigenvalue weighted by atomic mass is 9.72. The molecular formula is C36H22O6. The molecule has 6 rings (SSSR count). The first kappa shape index (κ1) is 26.3. The van der Waals surface area contributed by atoms with E-state index in [1.54, 1.807) is 121 Å². The Bertz CT molecular complexity index is 1770. The van der Waals surface area contributed by atoms with Crippen molar-refractivity contribution in [2.45, 2.75) is 0 Å². The number of aliphatic hydroxyl groups is 2. The number of hydrogen-bond acceptors (Lipinski definition) is 6. The van der Waals surface area contributed by atoms with Crippen molar-refractivity contribution >= 4 is 45.4 Å². The molecule has 2 N–H and O–H groups in total. The lowest BCUT2D eigenvalue weighted by molar-refractivity contribution is -0.116. The van der Waals surface area contributed by atoms with Gasteiger partial charge in [0.25, 0.3) is 0 Å². The Hall–Kier alpha value is -5.88. The van der Waals surface area contributed by atoms with Gasteiger partial charge in [0.1, 0.15) is 0 Å². The summed E-state index contributed by atoms with van der Waals surface area (Å²) in [6, 6.07) is 32.8. The van der Waals surface area contributed by atoms with Crippen LogP contribution >= 0.6 is 0 Å². The van der Waals surface area contributed by atoms with Crippen LogP contribution in [0.3, 0.4) is 0 Å². The van der Waals surface area contributed by atoms with Crippen molar-refractivity contribution in [2.24, 2.45) is 0 Å². The molecule has 4 aromatic rings. The Labute approximate surface area is 240 Å². The summed E-state index contributed by atoms with van der Waals surface area (Å²) < 4.78 is 0. The van der Waals surface area contributed by atoms with Crippen LogP contribution in [-0.4, -0.2) is 33.3 Å². The third kappa shape index (κ3) is 4.22. The largest absolute Gasteiger partial charge is 0.504 e. The number of rotatable bonds is 5. The fraction of sp³-hybridized carbons (Fsp3) is 0. The Morgan fingerprint density at radius 3 is 0.786 bits per heavy atom. The van der Waals surface area contributed by atoms with Crippen molar-refractivity contribution in [3.8, 4) is 0 Å². The number of carbonyl (C=O) groups is 4. The highest BCUT2D eigenvalue weighted by molar-refractivity contribution is 6.56. The van der Waals surface area contributed by atoms with E-state index in [-0.39, 0.29) is 55.7 Å². The second-order valence-corrected chi connectivity index (χ2v) is 9.73. The minimum Gasteiger partial charge on any atom is -0.504 e. The van der Waals surface area contributed by atoms with Crippen LogP contribution in [0.1, 0.15) is 22.3 Å². The fourth-order valence-electron chi connectivity index (χ4n) is 5.37. The van der Waals surface area contributed by atoms with Gasteiger partial charge in [-0.15, -0.1) is 0 Å². The second-order valence-electron chi connectivity index (χ2n) is 9.73. The number of aliphatic hydroxyl groups excluding tert-OH is 2. The molecule has 0 saturated heterocycles. The van der Waals surface area contributed by atoms with Gasteiger partial charge < -0.3 is 10.2 Å². The Balaban J connectivity index is 1.73.